The highest BCUT2D eigenvalue weighted by Crippen LogP contribution is 2.23. The van der Waals surface area contributed by atoms with Crippen LogP contribution in [0, 0.1) is 0 Å². The first-order valence-corrected chi connectivity index (χ1v) is 7.82. The fourth-order valence-corrected chi connectivity index (χ4v) is 2.28. The van der Waals surface area contributed by atoms with Gasteiger partial charge in [0.25, 0.3) is 0 Å². The quantitative estimate of drug-likeness (QED) is 0.899. The number of rotatable bonds is 4. The maximum Gasteiger partial charge on any atom is 0.407 e. The van der Waals surface area contributed by atoms with Gasteiger partial charge in [-0.15, -0.1) is 0 Å². The van der Waals surface area contributed by atoms with Gasteiger partial charge in [0.1, 0.15) is 5.60 Å². The van der Waals surface area contributed by atoms with Gasteiger partial charge in [-0.25, -0.2) is 9.78 Å². The number of alkyl carbamates (subject to hydrolysis) is 1. The zero-order valence-electron chi connectivity index (χ0n) is 14.7. The molecule has 24 heavy (non-hydrogen) atoms. The number of aliphatic hydroxyl groups excluding tert-OH is 1. The molecule has 0 fully saturated rings. The molecule has 6 nitrogen and oxygen atoms in total. The summed E-state index contributed by atoms with van der Waals surface area (Å²) < 4.78 is 10.3. The van der Waals surface area contributed by atoms with Crippen molar-refractivity contribution in [2.24, 2.45) is 0 Å². The summed E-state index contributed by atoms with van der Waals surface area (Å²) in [6.45, 7) is 7.10. The number of hydrogen-bond donors (Lipinski definition) is 2. The normalized spacial score (nSPS) is 14.1. The molecule has 0 spiro atoms. The van der Waals surface area contributed by atoms with Crippen molar-refractivity contribution < 1.29 is 19.4 Å². The van der Waals surface area contributed by atoms with Crippen LogP contribution in [0.4, 0.5) is 4.79 Å². The van der Waals surface area contributed by atoms with E-state index in [1.807, 2.05) is 18.2 Å². The standard InChI is InChI=1S/C18H24N2O4/c1-11(19-17(22)24-18(2,3)4)16(21)13-6-8-14-12(10-13)7-9-15(20-14)23-5/h6-11,16,21H,1-5H3,(H,19,22)/t11-,16?/m0/s1. The molecular weight excluding hydrogens is 308 g/mol. The third kappa shape index (κ3) is 4.58. The number of hydrogen-bond acceptors (Lipinski definition) is 5. The molecule has 6 heteroatoms. The van der Waals surface area contributed by atoms with Gasteiger partial charge in [-0.2, -0.15) is 0 Å². The molecular formula is C18H24N2O4. The van der Waals surface area contributed by atoms with Crippen LogP contribution in [0.5, 0.6) is 5.88 Å². The van der Waals surface area contributed by atoms with Crippen molar-refractivity contribution in [3.05, 3.63) is 35.9 Å². The number of aliphatic hydroxyl groups is 1. The van der Waals surface area contributed by atoms with E-state index < -0.39 is 23.8 Å². The van der Waals surface area contributed by atoms with Crippen molar-refractivity contribution in [3.63, 3.8) is 0 Å². The number of fused-ring (bicyclic) bond motifs is 1. The summed E-state index contributed by atoms with van der Waals surface area (Å²) in [6, 6.07) is 8.59. The number of benzene rings is 1. The average Bonchev–Trinajstić information content (AvgIpc) is 2.51. The molecule has 2 N–H and O–H groups in total. The van der Waals surface area contributed by atoms with E-state index in [9.17, 15) is 9.90 Å². The average molecular weight is 332 g/mol. The molecule has 0 aliphatic heterocycles. The van der Waals surface area contributed by atoms with Gasteiger partial charge in [-0.3, -0.25) is 0 Å². The van der Waals surface area contributed by atoms with Gasteiger partial charge in [-0.05, 0) is 51.5 Å². The lowest BCUT2D eigenvalue weighted by molar-refractivity contribution is 0.0436. The molecule has 2 atom stereocenters. The monoisotopic (exact) mass is 332 g/mol. The maximum absolute atomic E-state index is 11.8. The van der Waals surface area contributed by atoms with Gasteiger partial charge in [0, 0.05) is 11.5 Å². The van der Waals surface area contributed by atoms with Crippen LogP contribution in [0.2, 0.25) is 0 Å². The van der Waals surface area contributed by atoms with E-state index in [1.165, 1.54) is 0 Å². The van der Waals surface area contributed by atoms with Crippen LogP contribution in [0.3, 0.4) is 0 Å². The minimum absolute atomic E-state index is 0.497. The van der Waals surface area contributed by atoms with E-state index in [-0.39, 0.29) is 0 Å². The number of carbonyl (C=O) groups is 1. The van der Waals surface area contributed by atoms with Crippen molar-refractivity contribution in [1.82, 2.24) is 10.3 Å². The molecule has 2 rings (SSSR count). The second-order valence-electron chi connectivity index (χ2n) is 6.69. The molecule has 1 unspecified atom stereocenters. The van der Waals surface area contributed by atoms with E-state index in [0.717, 1.165) is 10.9 Å². The topological polar surface area (TPSA) is 80.7 Å². The molecule has 0 aliphatic rings. The number of ether oxygens (including phenoxy) is 2. The van der Waals surface area contributed by atoms with Crippen LogP contribution >= 0.6 is 0 Å². The summed E-state index contributed by atoms with van der Waals surface area (Å²) in [5.41, 5.74) is 0.888. The van der Waals surface area contributed by atoms with Gasteiger partial charge >= 0.3 is 6.09 Å². The number of aromatic nitrogens is 1. The van der Waals surface area contributed by atoms with Crippen LogP contribution in [0.25, 0.3) is 10.9 Å². The molecule has 0 bridgehead atoms. The lowest BCUT2D eigenvalue weighted by Crippen LogP contribution is -2.40. The molecule has 1 amide bonds. The predicted octanol–water partition coefficient (Wildman–Crippen LogP) is 3.19. The Morgan fingerprint density at radius 3 is 2.58 bits per heavy atom. The van der Waals surface area contributed by atoms with Gasteiger partial charge in [0.2, 0.25) is 5.88 Å². The van der Waals surface area contributed by atoms with Crippen molar-refractivity contribution >= 4 is 17.0 Å². The predicted molar refractivity (Wildman–Crippen MR) is 92.1 cm³/mol. The summed E-state index contributed by atoms with van der Waals surface area (Å²) in [5, 5.41) is 14.0. The van der Waals surface area contributed by atoms with Crippen molar-refractivity contribution in [1.29, 1.82) is 0 Å². The number of nitrogens with one attached hydrogen (secondary N) is 1. The smallest absolute Gasteiger partial charge is 0.407 e. The zero-order valence-corrected chi connectivity index (χ0v) is 14.7. The molecule has 1 aromatic carbocycles. The number of amides is 1. The molecule has 2 aromatic rings. The third-order valence-corrected chi connectivity index (χ3v) is 3.46. The fourth-order valence-electron chi connectivity index (χ4n) is 2.28. The highest BCUT2D eigenvalue weighted by molar-refractivity contribution is 5.80. The van der Waals surface area contributed by atoms with Crippen molar-refractivity contribution in [2.45, 2.75) is 45.4 Å². The number of methoxy groups -OCH3 is 1. The molecule has 1 heterocycles. The SMILES string of the molecule is COc1ccc2cc(C(O)[C@H](C)NC(=O)OC(C)(C)C)ccc2n1. The highest BCUT2D eigenvalue weighted by atomic mass is 16.6. The first-order valence-electron chi connectivity index (χ1n) is 7.82. The van der Waals surface area contributed by atoms with Gasteiger partial charge in [0.15, 0.2) is 0 Å². The molecule has 0 radical (unpaired) electrons. The van der Waals surface area contributed by atoms with Crippen LogP contribution in [0.1, 0.15) is 39.4 Å². The number of carbonyl (C=O) groups excluding carboxylic acids is 1. The third-order valence-electron chi connectivity index (χ3n) is 3.46. The van der Waals surface area contributed by atoms with E-state index in [0.29, 0.717) is 11.4 Å². The molecule has 0 saturated heterocycles. The summed E-state index contributed by atoms with van der Waals surface area (Å²) in [7, 11) is 1.57. The largest absolute Gasteiger partial charge is 0.481 e. The Balaban J connectivity index is 2.12. The second-order valence-corrected chi connectivity index (χ2v) is 6.69. The van der Waals surface area contributed by atoms with E-state index in [4.69, 9.17) is 9.47 Å². The van der Waals surface area contributed by atoms with Gasteiger partial charge in [0.05, 0.1) is 24.8 Å². The molecule has 1 aromatic heterocycles. The van der Waals surface area contributed by atoms with E-state index in [2.05, 4.69) is 10.3 Å². The van der Waals surface area contributed by atoms with Crippen molar-refractivity contribution in [2.75, 3.05) is 7.11 Å². The second kappa shape index (κ2) is 7.05. The summed E-state index contributed by atoms with van der Waals surface area (Å²) >= 11 is 0. The minimum atomic E-state index is -0.857. The molecule has 130 valence electrons. The van der Waals surface area contributed by atoms with Crippen LogP contribution < -0.4 is 10.1 Å². The first-order chi connectivity index (χ1) is 11.2. The summed E-state index contributed by atoms with van der Waals surface area (Å²) in [5.74, 6) is 0.538. The molecule has 0 aliphatic carbocycles. The van der Waals surface area contributed by atoms with Gasteiger partial charge < -0.3 is 19.9 Å². The summed E-state index contributed by atoms with van der Waals surface area (Å²) in [4.78, 5) is 16.2. The van der Waals surface area contributed by atoms with Crippen molar-refractivity contribution in [3.8, 4) is 5.88 Å². The Hall–Kier alpha value is -2.34. The Labute approximate surface area is 141 Å². The van der Waals surface area contributed by atoms with Crippen LogP contribution in [0.15, 0.2) is 30.3 Å². The highest BCUT2D eigenvalue weighted by Gasteiger charge is 2.22. The van der Waals surface area contributed by atoms with E-state index >= 15 is 0 Å². The first kappa shape index (κ1) is 18.0. The molecule has 0 saturated carbocycles. The van der Waals surface area contributed by atoms with Gasteiger partial charge in [-0.1, -0.05) is 6.07 Å². The fraction of sp³-hybridized carbons (Fsp3) is 0.444. The minimum Gasteiger partial charge on any atom is -0.481 e. The zero-order chi connectivity index (χ0) is 17.9. The Kier molecular flexibility index (Phi) is 5.29. The lowest BCUT2D eigenvalue weighted by Gasteiger charge is -2.24. The Bertz CT molecular complexity index is 725. The number of nitrogens with zero attached hydrogens (tertiary/aromatic N) is 1. The number of pyridine rings is 1. The Morgan fingerprint density at radius 2 is 1.96 bits per heavy atom. The van der Waals surface area contributed by atoms with Crippen LogP contribution in [-0.4, -0.2) is 34.9 Å². The van der Waals surface area contributed by atoms with Crippen LogP contribution in [-0.2, 0) is 4.74 Å². The summed E-state index contributed by atoms with van der Waals surface area (Å²) in [6.07, 6.45) is -1.41. The van der Waals surface area contributed by atoms with E-state index in [1.54, 1.807) is 46.9 Å². The maximum atomic E-state index is 11.8. The lowest BCUT2D eigenvalue weighted by atomic mass is 10.0. The Morgan fingerprint density at radius 1 is 1.25 bits per heavy atom.